The number of alkyl carbamates (subject to hydrolysis) is 1. The Hall–Kier alpha value is -2.71. The van der Waals surface area contributed by atoms with E-state index in [4.69, 9.17) is 4.74 Å². The Balaban J connectivity index is 2.39. The molecule has 1 aliphatic heterocycles. The maximum Gasteiger partial charge on any atom is 0.408 e. The van der Waals surface area contributed by atoms with Crippen molar-refractivity contribution in [2.45, 2.75) is 12.1 Å². The highest BCUT2D eigenvalue weighted by atomic mass is 19.1. The van der Waals surface area contributed by atoms with Crippen LogP contribution in [0.4, 0.5) is 14.9 Å². The zero-order valence-electron chi connectivity index (χ0n) is 10.2. The smallest absolute Gasteiger partial charge is 0.408 e. The van der Waals surface area contributed by atoms with Crippen LogP contribution in [0, 0.1) is 15.9 Å². The molecule has 0 spiro atoms. The second kappa shape index (κ2) is 5.11. The summed E-state index contributed by atoms with van der Waals surface area (Å²) in [5, 5.41) is 12.9. The van der Waals surface area contributed by atoms with Crippen LogP contribution in [0.25, 0.3) is 0 Å². The van der Waals surface area contributed by atoms with Gasteiger partial charge in [0.15, 0.2) is 12.1 Å². The van der Waals surface area contributed by atoms with Gasteiger partial charge in [0.25, 0.3) is 0 Å². The van der Waals surface area contributed by atoms with E-state index in [1.165, 1.54) is 6.07 Å². The summed E-state index contributed by atoms with van der Waals surface area (Å²) >= 11 is 0. The number of cyclic esters (lactones) is 1. The van der Waals surface area contributed by atoms with E-state index in [0.29, 0.717) is 0 Å². The molecular formula is C11H9FN2O6. The first-order chi connectivity index (χ1) is 9.43. The molecule has 0 radical (unpaired) electrons. The van der Waals surface area contributed by atoms with Gasteiger partial charge in [-0.05, 0) is 6.07 Å². The number of nitrogens with one attached hydrogen (secondary N) is 1. The number of nitro benzene ring substituents is 1. The van der Waals surface area contributed by atoms with E-state index in [1.54, 1.807) is 0 Å². The minimum atomic E-state index is -1.14. The summed E-state index contributed by atoms with van der Waals surface area (Å²) in [5.74, 6) is -1.79. The molecule has 0 saturated carbocycles. The van der Waals surface area contributed by atoms with Gasteiger partial charge in [-0.25, -0.2) is 9.59 Å². The molecule has 1 heterocycles. The van der Waals surface area contributed by atoms with Crippen LogP contribution >= 0.6 is 0 Å². The molecule has 2 rings (SSSR count). The summed E-state index contributed by atoms with van der Waals surface area (Å²) in [6.07, 6.45) is -1.98. The molecular weight excluding hydrogens is 275 g/mol. The molecule has 2 atom stereocenters. The van der Waals surface area contributed by atoms with Gasteiger partial charge in [0.05, 0.1) is 12.0 Å². The normalized spacial score (nSPS) is 21.0. The summed E-state index contributed by atoms with van der Waals surface area (Å²) in [7, 11) is 1.12. The van der Waals surface area contributed by atoms with Crippen molar-refractivity contribution in [3.8, 4) is 0 Å². The van der Waals surface area contributed by atoms with Crippen LogP contribution in [0.2, 0.25) is 0 Å². The van der Waals surface area contributed by atoms with Gasteiger partial charge in [-0.15, -0.1) is 0 Å². The van der Waals surface area contributed by atoms with Crippen LogP contribution in [0.1, 0.15) is 11.7 Å². The van der Waals surface area contributed by atoms with Gasteiger partial charge in [-0.3, -0.25) is 10.1 Å². The number of carbonyl (C=O) groups is 2. The van der Waals surface area contributed by atoms with Crippen LogP contribution < -0.4 is 5.32 Å². The average molecular weight is 284 g/mol. The first-order valence-corrected chi connectivity index (χ1v) is 5.43. The number of esters is 1. The Morgan fingerprint density at radius 3 is 2.85 bits per heavy atom. The Bertz CT molecular complexity index is 590. The lowest BCUT2D eigenvalue weighted by atomic mass is 10.0. The number of methoxy groups -OCH3 is 1. The number of nitrogens with zero attached hydrogens (tertiary/aromatic N) is 1. The Morgan fingerprint density at radius 2 is 2.25 bits per heavy atom. The fourth-order valence-corrected chi connectivity index (χ4v) is 1.84. The molecule has 0 unspecified atom stereocenters. The molecule has 1 aromatic carbocycles. The topological polar surface area (TPSA) is 108 Å². The quantitative estimate of drug-likeness (QED) is 0.505. The third-order valence-electron chi connectivity index (χ3n) is 2.76. The van der Waals surface area contributed by atoms with Crippen LogP contribution in [0.3, 0.4) is 0 Å². The van der Waals surface area contributed by atoms with E-state index in [1.807, 2.05) is 0 Å². The first kappa shape index (κ1) is 13.7. The minimum Gasteiger partial charge on any atom is -0.467 e. The van der Waals surface area contributed by atoms with Crippen molar-refractivity contribution in [1.29, 1.82) is 0 Å². The molecule has 1 fully saturated rings. The van der Waals surface area contributed by atoms with Gasteiger partial charge in [0.1, 0.15) is 0 Å². The fourth-order valence-electron chi connectivity index (χ4n) is 1.84. The van der Waals surface area contributed by atoms with Gasteiger partial charge in [0, 0.05) is 11.6 Å². The molecule has 106 valence electrons. The zero-order valence-corrected chi connectivity index (χ0v) is 10.2. The number of amides is 1. The molecule has 0 bridgehead atoms. The van der Waals surface area contributed by atoms with Crippen molar-refractivity contribution in [3.63, 3.8) is 0 Å². The Kier molecular flexibility index (Phi) is 3.51. The van der Waals surface area contributed by atoms with Crippen molar-refractivity contribution in [2.24, 2.45) is 0 Å². The monoisotopic (exact) mass is 284 g/mol. The number of hydrogen-bond acceptors (Lipinski definition) is 6. The lowest BCUT2D eigenvalue weighted by Gasteiger charge is -2.14. The third kappa shape index (κ3) is 2.37. The van der Waals surface area contributed by atoms with Crippen molar-refractivity contribution < 1.29 is 28.4 Å². The molecule has 9 heteroatoms. The van der Waals surface area contributed by atoms with E-state index < -0.39 is 40.6 Å². The lowest BCUT2D eigenvalue weighted by Crippen LogP contribution is -2.36. The summed E-state index contributed by atoms with van der Waals surface area (Å²) in [6.45, 7) is 0. The number of hydrogen-bond donors (Lipinski definition) is 1. The van der Waals surface area contributed by atoms with Crippen molar-refractivity contribution in [2.75, 3.05) is 7.11 Å². The summed E-state index contributed by atoms with van der Waals surface area (Å²) in [5.41, 5.74) is -0.652. The first-order valence-electron chi connectivity index (χ1n) is 5.43. The summed E-state index contributed by atoms with van der Waals surface area (Å²) < 4.78 is 22.6. The zero-order chi connectivity index (χ0) is 14.9. The largest absolute Gasteiger partial charge is 0.467 e. The highest BCUT2D eigenvalue weighted by Crippen LogP contribution is 2.30. The van der Waals surface area contributed by atoms with Crippen molar-refractivity contribution in [3.05, 3.63) is 39.7 Å². The van der Waals surface area contributed by atoms with Crippen molar-refractivity contribution in [1.82, 2.24) is 5.32 Å². The standard InChI is InChI=1S/C11H9FN2O6/c1-19-10(15)8-9(20-11(16)13-8)5-2-3-6(12)7(4-5)14(17)18/h2-4,8-9H,1H3,(H,13,16)/t8-,9+/m0/s1. The number of benzene rings is 1. The Labute approximate surface area is 111 Å². The predicted molar refractivity (Wildman–Crippen MR) is 61.2 cm³/mol. The fraction of sp³-hybridized carbons (Fsp3) is 0.273. The Morgan fingerprint density at radius 1 is 1.55 bits per heavy atom. The van der Waals surface area contributed by atoms with E-state index >= 15 is 0 Å². The second-order valence-electron chi connectivity index (χ2n) is 3.94. The number of halogens is 1. The highest BCUT2D eigenvalue weighted by molar-refractivity contribution is 5.85. The number of ether oxygens (including phenoxy) is 2. The molecule has 1 amide bonds. The predicted octanol–water partition coefficient (Wildman–Crippen LogP) is 1.06. The van der Waals surface area contributed by atoms with E-state index in [2.05, 4.69) is 10.1 Å². The number of carbonyl (C=O) groups excluding carboxylic acids is 2. The van der Waals surface area contributed by atoms with Crippen LogP contribution in [-0.2, 0) is 14.3 Å². The maximum absolute atomic E-state index is 13.2. The maximum atomic E-state index is 13.2. The molecule has 8 nitrogen and oxygen atoms in total. The van der Waals surface area contributed by atoms with Crippen LogP contribution in [0.5, 0.6) is 0 Å². The van der Waals surface area contributed by atoms with Crippen LogP contribution in [0.15, 0.2) is 18.2 Å². The second-order valence-corrected chi connectivity index (χ2v) is 3.94. The van der Waals surface area contributed by atoms with Gasteiger partial charge >= 0.3 is 17.7 Å². The average Bonchev–Trinajstić information content (AvgIpc) is 2.80. The van der Waals surface area contributed by atoms with E-state index in [9.17, 15) is 24.1 Å². The number of nitro groups is 1. The number of rotatable bonds is 3. The molecule has 0 aromatic heterocycles. The molecule has 20 heavy (non-hydrogen) atoms. The highest BCUT2D eigenvalue weighted by Gasteiger charge is 2.41. The van der Waals surface area contributed by atoms with Crippen LogP contribution in [-0.4, -0.2) is 30.1 Å². The molecule has 1 aromatic rings. The molecule has 0 aliphatic carbocycles. The van der Waals surface area contributed by atoms with E-state index in [-0.39, 0.29) is 5.56 Å². The van der Waals surface area contributed by atoms with Gasteiger partial charge in [-0.2, -0.15) is 4.39 Å². The lowest BCUT2D eigenvalue weighted by molar-refractivity contribution is -0.387. The SMILES string of the molecule is COC(=O)[C@H]1NC(=O)O[C@@H]1c1ccc(F)c([N+](=O)[O-])c1. The van der Waals surface area contributed by atoms with Gasteiger partial charge < -0.3 is 14.8 Å². The van der Waals surface area contributed by atoms with Gasteiger partial charge in [0.2, 0.25) is 5.82 Å². The third-order valence-corrected chi connectivity index (χ3v) is 2.76. The molecule has 1 N–H and O–H groups in total. The molecule has 1 saturated heterocycles. The summed E-state index contributed by atoms with van der Waals surface area (Å²) in [6, 6.07) is 1.84. The van der Waals surface area contributed by atoms with Gasteiger partial charge in [-0.1, -0.05) is 6.07 Å². The molecule has 1 aliphatic rings. The minimum absolute atomic E-state index is 0.117. The van der Waals surface area contributed by atoms with Crippen molar-refractivity contribution >= 4 is 17.7 Å². The summed E-state index contributed by atoms with van der Waals surface area (Å²) in [4.78, 5) is 32.5. The van der Waals surface area contributed by atoms with E-state index in [0.717, 1.165) is 19.2 Å².